The number of benzene rings is 2. The summed E-state index contributed by atoms with van der Waals surface area (Å²) in [5.74, 6) is -0.719. The van der Waals surface area contributed by atoms with E-state index in [1.807, 2.05) is 12.1 Å². The minimum absolute atomic E-state index is 0.0368. The van der Waals surface area contributed by atoms with Crippen molar-refractivity contribution in [3.63, 3.8) is 0 Å². The molecular weight excluding hydrogens is 443 g/mol. The molecule has 4 rings (SSSR count). The van der Waals surface area contributed by atoms with Gasteiger partial charge in [-0.1, -0.05) is 23.7 Å². The van der Waals surface area contributed by atoms with Gasteiger partial charge in [0.05, 0.1) is 27.4 Å². The molecule has 0 spiro atoms. The Morgan fingerprint density at radius 1 is 1.00 bits per heavy atom. The summed E-state index contributed by atoms with van der Waals surface area (Å²) in [6.45, 7) is 1.11. The number of hydrogen-bond donors (Lipinski definition) is 0. The molecular formula is C21H20ClFN4O3S. The molecule has 1 saturated heterocycles. The average molecular weight is 463 g/mol. The van der Waals surface area contributed by atoms with E-state index >= 15 is 0 Å². The van der Waals surface area contributed by atoms with Crippen LogP contribution < -0.4 is 0 Å². The van der Waals surface area contributed by atoms with Crippen LogP contribution in [0.3, 0.4) is 0 Å². The highest BCUT2D eigenvalue weighted by Crippen LogP contribution is 2.21. The van der Waals surface area contributed by atoms with Crippen molar-refractivity contribution in [1.29, 1.82) is 0 Å². The number of hydrogen-bond acceptors (Lipinski definition) is 4. The van der Waals surface area contributed by atoms with Crippen LogP contribution in [-0.4, -0.2) is 59.5 Å². The first-order chi connectivity index (χ1) is 14.9. The molecule has 1 aliphatic rings. The Hall–Kier alpha value is -2.75. The fourth-order valence-electron chi connectivity index (χ4n) is 3.48. The lowest BCUT2D eigenvalue weighted by Crippen LogP contribution is -2.37. The van der Waals surface area contributed by atoms with E-state index in [9.17, 15) is 17.6 Å². The largest absolute Gasteiger partial charge is 0.337 e. The molecule has 0 saturated carbocycles. The van der Waals surface area contributed by atoms with Gasteiger partial charge < -0.3 is 4.90 Å². The van der Waals surface area contributed by atoms with E-state index in [1.165, 1.54) is 22.6 Å². The third-order valence-corrected chi connectivity index (χ3v) is 7.35. The highest BCUT2D eigenvalue weighted by Gasteiger charge is 2.29. The van der Waals surface area contributed by atoms with Crippen molar-refractivity contribution in [2.45, 2.75) is 11.3 Å². The number of carbonyl (C=O) groups is 1. The zero-order valence-electron chi connectivity index (χ0n) is 16.5. The lowest BCUT2D eigenvalue weighted by molar-refractivity contribution is 0.0764. The van der Waals surface area contributed by atoms with Gasteiger partial charge in [0, 0.05) is 32.4 Å². The fourth-order valence-corrected chi connectivity index (χ4v) is 5.17. The van der Waals surface area contributed by atoms with Gasteiger partial charge in [0.15, 0.2) is 0 Å². The number of nitrogens with zero attached hydrogens (tertiary/aromatic N) is 4. The van der Waals surface area contributed by atoms with Crippen molar-refractivity contribution in [3.05, 3.63) is 77.3 Å². The Morgan fingerprint density at radius 2 is 1.74 bits per heavy atom. The zero-order valence-corrected chi connectivity index (χ0v) is 18.1. The van der Waals surface area contributed by atoms with Gasteiger partial charge in [-0.25, -0.2) is 17.5 Å². The summed E-state index contributed by atoms with van der Waals surface area (Å²) in [4.78, 5) is 14.6. The maximum absolute atomic E-state index is 13.1. The van der Waals surface area contributed by atoms with Crippen LogP contribution in [0.4, 0.5) is 4.39 Å². The first-order valence-corrected chi connectivity index (χ1v) is 11.5. The van der Waals surface area contributed by atoms with Gasteiger partial charge in [0.25, 0.3) is 5.91 Å². The molecule has 10 heteroatoms. The van der Waals surface area contributed by atoms with Crippen molar-refractivity contribution in [2.24, 2.45) is 0 Å². The normalized spacial score (nSPS) is 15.6. The minimum atomic E-state index is -3.75. The number of para-hydroxylation sites is 1. The molecule has 0 N–H and O–H groups in total. The molecule has 7 nitrogen and oxygen atoms in total. The van der Waals surface area contributed by atoms with Gasteiger partial charge in [-0.15, -0.1) is 0 Å². The van der Waals surface area contributed by atoms with Gasteiger partial charge in [-0.2, -0.15) is 9.40 Å². The van der Waals surface area contributed by atoms with E-state index in [4.69, 9.17) is 11.6 Å². The molecule has 1 aromatic heterocycles. The molecule has 1 amide bonds. The third kappa shape index (κ3) is 4.48. The second-order valence-corrected chi connectivity index (χ2v) is 9.47. The van der Waals surface area contributed by atoms with Crippen molar-refractivity contribution in [1.82, 2.24) is 19.0 Å². The molecule has 1 aliphatic heterocycles. The van der Waals surface area contributed by atoms with Crippen LogP contribution in [0.15, 0.2) is 65.8 Å². The van der Waals surface area contributed by atoms with Crippen LogP contribution in [-0.2, 0) is 10.0 Å². The molecule has 0 radical (unpaired) electrons. The van der Waals surface area contributed by atoms with Crippen molar-refractivity contribution in [3.8, 4) is 5.69 Å². The van der Waals surface area contributed by atoms with Crippen LogP contribution >= 0.6 is 11.6 Å². The summed E-state index contributed by atoms with van der Waals surface area (Å²) in [5.41, 5.74) is 1.06. The number of sulfonamides is 1. The SMILES string of the molecule is O=C(c1cnn(-c2ccccc2Cl)c1)N1CCCN(S(=O)(=O)c2ccc(F)cc2)CC1. The Morgan fingerprint density at radius 3 is 2.48 bits per heavy atom. The van der Waals surface area contributed by atoms with Gasteiger partial charge >= 0.3 is 0 Å². The lowest BCUT2D eigenvalue weighted by atomic mass is 10.3. The standard InChI is InChI=1S/C21H20ClFN4O3S/c22-19-4-1-2-5-20(19)27-15-16(14-24-27)21(28)25-10-3-11-26(13-12-25)31(29,30)18-8-6-17(23)7-9-18/h1-2,4-9,14-15H,3,10-13H2. The quantitative estimate of drug-likeness (QED) is 0.596. The van der Waals surface area contributed by atoms with E-state index in [2.05, 4.69) is 5.10 Å². The Balaban J connectivity index is 1.47. The molecule has 2 heterocycles. The average Bonchev–Trinajstić information content (AvgIpc) is 3.10. The van der Waals surface area contributed by atoms with Gasteiger partial charge in [0.2, 0.25) is 10.0 Å². The third-order valence-electron chi connectivity index (χ3n) is 5.12. The van der Waals surface area contributed by atoms with E-state index in [0.717, 1.165) is 12.1 Å². The minimum Gasteiger partial charge on any atom is -0.337 e. The first kappa shape index (κ1) is 21.5. The van der Waals surface area contributed by atoms with Crippen LogP contribution in [0.1, 0.15) is 16.8 Å². The molecule has 0 unspecified atom stereocenters. The molecule has 0 aliphatic carbocycles. The van der Waals surface area contributed by atoms with E-state index < -0.39 is 15.8 Å². The summed E-state index contributed by atoms with van der Waals surface area (Å²) in [6.07, 6.45) is 3.58. The Bertz CT molecular complexity index is 1200. The summed E-state index contributed by atoms with van der Waals surface area (Å²) >= 11 is 6.20. The summed E-state index contributed by atoms with van der Waals surface area (Å²) < 4.78 is 41.8. The molecule has 0 atom stereocenters. The van der Waals surface area contributed by atoms with Crippen molar-refractivity contribution < 1.29 is 17.6 Å². The second kappa shape index (κ2) is 8.78. The van der Waals surface area contributed by atoms with Gasteiger partial charge in [-0.3, -0.25) is 4.79 Å². The zero-order chi connectivity index (χ0) is 22.0. The number of halogens is 2. The molecule has 162 valence electrons. The maximum atomic E-state index is 13.1. The first-order valence-electron chi connectivity index (χ1n) is 9.71. The smallest absolute Gasteiger partial charge is 0.257 e. The Labute approximate surface area is 184 Å². The van der Waals surface area contributed by atoms with Crippen LogP contribution in [0, 0.1) is 5.82 Å². The Kier molecular flexibility index (Phi) is 6.08. The monoisotopic (exact) mass is 462 g/mol. The molecule has 3 aromatic rings. The van der Waals surface area contributed by atoms with E-state index in [0.29, 0.717) is 29.2 Å². The fraction of sp³-hybridized carbons (Fsp3) is 0.238. The molecule has 31 heavy (non-hydrogen) atoms. The number of aromatic nitrogens is 2. The predicted octanol–water partition coefficient (Wildman–Crippen LogP) is 3.20. The van der Waals surface area contributed by atoms with Gasteiger partial charge in [-0.05, 0) is 42.8 Å². The number of carbonyl (C=O) groups excluding carboxylic acids is 1. The molecule has 2 aromatic carbocycles. The van der Waals surface area contributed by atoms with Crippen molar-refractivity contribution in [2.75, 3.05) is 26.2 Å². The van der Waals surface area contributed by atoms with E-state index in [1.54, 1.807) is 27.9 Å². The van der Waals surface area contributed by atoms with Crippen LogP contribution in [0.5, 0.6) is 0 Å². The summed E-state index contributed by atoms with van der Waals surface area (Å²) in [5, 5.41) is 4.75. The van der Waals surface area contributed by atoms with Crippen LogP contribution in [0.25, 0.3) is 5.69 Å². The maximum Gasteiger partial charge on any atom is 0.257 e. The van der Waals surface area contributed by atoms with Crippen LogP contribution in [0.2, 0.25) is 5.02 Å². The molecule has 0 bridgehead atoms. The van der Waals surface area contributed by atoms with Crippen molar-refractivity contribution >= 4 is 27.5 Å². The summed E-state index contributed by atoms with van der Waals surface area (Å²) in [7, 11) is -3.75. The lowest BCUT2D eigenvalue weighted by Gasteiger charge is -2.21. The summed E-state index contributed by atoms with van der Waals surface area (Å²) in [6, 6.07) is 11.9. The van der Waals surface area contributed by atoms with E-state index in [-0.39, 0.29) is 30.4 Å². The van der Waals surface area contributed by atoms with Gasteiger partial charge in [0.1, 0.15) is 5.82 Å². The highest BCUT2D eigenvalue weighted by atomic mass is 35.5. The topological polar surface area (TPSA) is 75.5 Å². The molecule has 1 fully saturated rings. The number of amides is 1. The number of rotatable bonds is 4. The second-order valence-electron chi connectivity index (χ2n) is 7.13. The predicted molar refractivity (Wildman–Crippen MR) is 114 cm³/mol. The highest BCUT2D eigenvalue weighted by molar-refractivity contribution is 7.89.